The fraction of sp³-hybridized carbons (Fsp3) is 0.182. The fourth-order valence-electron chi connectivity index (χ4n) is 2.67. The quantitative estimate of drug-likeness (QED) is 0.456. The zero-order valence-electron chi connectivity index (χ0n) is 17.8. The van der Waals surface area contributed by atoms with Gasteiger partial charge in [0.15, 0.2) is 9.84 Å². The highest BCUT2D eigenvalue weighted by Crippen LogP contribution is 2.31. The number of rotatable bonds is 7. The number of benzene rings is 2. The predicted molar refractivity (Wildman–Crippen MR) is 114 cm³/mol. The van der Waals surface area contributed by atoms with Gasteiger partial charge >= 0.3 is 6.36 Å². The third-order valence-corrected chi connectivity index (χ3v) is 7.00. The van der Waals surface area contributed by atoms with E-state index in [0.29, 0.717) is 11.8 Å². The lowest BCUT2D eigenvalue weighted by molar-refractivity contribution is -0.274. The molecular formula is C22H18F4N2O5S. The number of amides is 1. The number of pyridine rings is 1. The first-order valence-electron chi connectivity index (χ1n) is 9.59. The molecule has 0 saturated carbocycles. The molecule has 0 aliphatic rings. The molecule has 0 fully saturated rings. The van der Waals surface area contributed by atoms with E-state index in [9.17, 15) is 30.8 Å². The summed E-state index contributed by atoms with van der Waals surface area (Å²) in [5.41, 5.74) is 0.147. The van der Waals surface area contributed by atoms with Crippen molar-refractivity contribution in [2.75, 3.05) is 5.32 Å². The van der Waals surface area contributed by atoms with Crippen molar-refractivity contribution >= 4 is 21.4 Å². The minimum absolute atomic E-state index is 0.137. The summed E-state index contributed by atoms with van der Waals surface area (Å²) in [7, 11) is -4.42. The van der Waals surface area contributed by atoms with Gasteiger partial charge in [-0.2, -0.15) is 0 Å². The van der Waals surface area contributed by atoms with Gasteiger partial charge in [0.1, 0.15) is 22.1 Å². The number of anilines is 1. The minimum atomic E-state index is -5.01. The molecule has 1 amide bonds. The molecular weight excluding hydrogens is 480 g/mol. The molecule has 3 aromatic rings. The van der Waals surface area contributed by atoms with Crippen LogP contribution in [0.15, 0.2) is 71.8 Å². The third-order valence-electron chi connectivity index (χ3n) is 4.60. The van der Waals surface area contributed by atoms with Gasteiger partial charge in [0.05, 0.1) is 16.8 Å². The van der Waals surface area contributed by atoms with E-state index in [0.717, 1.165) is 32.0 Å². The van der Waals surface area contributed by atoms with E-state index >= 15 is 0 Å². The van der Waals surface area contributed by atoms with Crippen molar-refractivity contribution in [1.82, 2.24) is 4.98 Å². The van der Waals surface area contributed by atoms with Crippen molar-refractivity contribution in [3.8, 4) is 17.4 Å². The summed E-state index contributed by atoms with van der Waals surface area (Å²) in [5.74, 6) is -1.64. The Bertz CT molecular complexity index is 1280. The topological polar surface area (TPSA) is 94.6 Å². The Morgan fingerprint density at radius 1 is 0.971 bits per heavy atom. The largest absolute Gasteiger partial charge is 0.573 e. The molecule has 7 nitrogen and oxygen atoms in total. The summed E-state index contributed by atoms with van der Waals surface area (Å²) in [6, 6.07) is 11.8. The van der Waals surface area contributed by atoms with Crippen LogP contribution in [0.2, 0.25) is 0 Å². The SMILES string of the molecule is CC(C)(C(=O)Nc1ccc(Oc2ccc(F)cc2)nc1)S(=O)(=O)c1cccc(OC(F)(F)F)c1. The highest BCUT2D eigenvalue weighted by molar-refractivity contribution is 7.93. The van der Waals surface area contributed by atoms with Gasteiger partial charge in [-0.15, -0.1) is 13.2 Å². The standard InChI is InChI=1S/C22H18F4N2O5S/c1-21(2,34(30,31)18-5-3-4-17(12-18)33-22(24,25)26)20(29)28-15-8-11-19(27-13-15)32-16-9-6-14(23)7-10-16/h3-13H,1-2H3,(H,28,29). The Hall–Kier alpha value is -3.67. The molecule has 180 valence electrons. The molecule has 1 heterocycles. The van der Waals surface area contributed by atoms with E-state index in [1.807, 2.05) is 0 Å². The molecule has 1 N–H and O–H groups in total. The molecule has 12 heteroatoms. The van der Waals surface area contributed by atoms with Crippen molar-refractivity contribution in [1.29, 1.82) is 0 Å². The van der Waals surface area contributed by atoms with Gasteiger partial charge in [0, 0.05) is 6.07 Å². The van der Waals surface area contributed by atoms with Crippen LogP contribution in [0.3, 0.4) is 0 Å². The molecule has 1 aromatic heterocycles. The van der Waals surface area contributed by atoms with Gasteiger partial charge in [-0.3, -0.25) is 4.79 Å². The van der Waals surface area contributed by atoms with E-state index in [-0.39, 0.29) is 11.6 Å². The fourth-order valence-corrected chi connectivity index (χ4v) is 4.09. The molecule has 0 atom stereocenters. The lowest BCUT2D eigenvalue weighted by Gasteiger charge is -2.24. The highest BCUT2D eigenvalue weighted by Gasteiger charge is 2.43. The van der Waals surface area contributed by atoms with E-state index in [4.69, 9.17) is 4.74 Å². The van der Waals surface area contributed by atoms with Crippen LogP contribution in [0.4, 0.5) is 23.2 Å². The molecule has 0 bridgehead atoms. The number of carbonyl (C=O) groups is 1. The summed E-state index contributed by atoms with van der Waals surface area (Å²) >= 11 is 0. The average Bonchev–Trinajstić information content (AvgIpc) is 2.75. The van der Waals surface area contributed by atoms with E-state index in [2.05, 4.69) is 15.0 Å². The van der Waals surface area contributed by atoms with Gasteiger partial charge in [0.25, 0.3) is 0 Å². The molecule has 2 aromatic carbocycles. The van der Waals surface area contributed by atoms with Crippen molar-refractivity contribution in [3.63, 3.8) is 0 Å². The van der Waals surface area contributed by atoms with E-state index in [1.165, 1.54) is 42.6 Å². The van der Waals surface area contributed by atoms with Crippen LogP contribution in [0.1, 0.15) is 13.8 Å². The normalized spacial score (nSPS) is 12.2. The third kappa shape index (κ3) is 5.81. The Morgan fingerprint density at radius 2 is 1.65 bits per heavy atom. The Labute approximate surface area is 192 Å². The summed E-state index contributed by atoms with van der Waals surface area (Å²) < 4.78 is 83.6. The molecule has 0 saturated heterocycles. The molecule has 0 unspecified atom stereocenters. The lowest BCUT2D eigenvalue weighted by atomic mass is 10.2. The highest BCUT2D eigenvalue weighted by atomic mass is 32.2. The van der Waals surface area contributed by atoms with Crippen LogP contribution in [0.5, 0.6) is 17.4 Å². The second-order valence-electron chi connectivity index (χ2n) is 7.43. The smallest absolute Gasteiger partial charge is 0.439 e. The molecule has 34 heavy (non-hydrogen) atoms. The van der Waals surface area contributed by atoms with Gasteiger partial charge < -0.3 is 14.8 Å². The van der Waals surface area contributed by atoms with Crippen molar-refractivity contribution in [2.24, 2.45) is 0 Å². The van der Waals surface area contributed by atoms with Crippen LogP contribution in [-0.2, 0) is 14.6 Å². The molecule has 0 aliphatic heterocycles. The van der Waals surface area contributed by atoms with Gasteiger partial charge in [-0.1, -0.05) is 6.07 Å². The number of hydrogen-bond acceptors (Lipinski definition) is 6. The Balaban J connectivity index is 1.74. The van der Waals surface area contributed by atoms with Crippen LogP contribution in [0.25, 0.3) is 0 Å². The van der Waals surface area contributed by atoms with Gasteiger partial charge in [-0.05, 0) is 62.4 Å². The average molecular weight is 498 g/mol. The molecule has 0 spiro atoms. The number of halogens is 4. The Kier molecular flexibility index (Phi) is 6.82. The van der Waals surface area contributed by atoms with Crippen molar-refractivity contribution in [2.45, 2.75) is 29.9 Å². The molecule has 3 rings (SSSR count). The lowest BCUT2D eigenvalue weighted by Crippen LogP contribution is -2.44. The maximum Gasteiger partial charge on any atom is 0.573 e. The molecule has 0 aliphatic carbocycles. The summed E-state index contributed by atoms with van der Waals surface area (Å²) in [6.45, 7) is 2.24. The van der Waals surface area contributed by atoms with Crippen molar-refractivity contribution in [3.05, 3.63) is 72.7 Å². The number of ether oxygens (including phenoxy) is 2. The monoisotopic (exact) mass is 498 g/mol. The summed E-state index contributed by atoms with van der Waals surface area (Å²) in [5, 5.41) is 2.41. The number of sulfone groups is 1. The zero-order valence-corrected chi connectivity index (χ0v) is 18.6. The van der Waals surface area contributed by atoms with Gasteiger partial charge in [0.2, 0.25) is 11.8 Å². The number of nitrogens with zero attached hydrogens (tertiary/aromatic N) is 1. The zero-order chi connectivity index (χ0) is 25.1. The van der Waals surface area contributed by atoms with Gasteiger partial charge in [-0.25, -0.2) is 17.8 Å². The minimum Gasteiger partial charge on any atom is -0.439 e. The number of carbonyl (C=O) groups excluding carboxylic acids is 1. The number of hydrogen-bond donors (Lipinski definition) is 1. The van der Waals surface area contributed by atoms with Crippen LogP contribution >= 0.6 is 0 Å². The second-order valence-corrected chi connectivity index (χ2v) is 9.93. The summed E-state index contributed by atoms with van der Waals surface area (Å²) in [6.07, 6.45) is -3.79. The second kappa shape index (κ2) is 9.29. The molecule has 0 radical (unpaired) electrons. The van der Waals surface area contributed by atoms with Crippen molar-refractivity contribution < 1.29 is 40.2 Å². The summed E-state index contributed by atoms with van der Waals surface area (Å²) in [4.78, 5) is 16.3. The first-order valence-corrected chi connectivity index (χ1v) is 11.1. The number of alkyl halides is 3. The maximum absolute atomic E-state index is 13.0. The maximum atomic E-state index is 13.0. The van der Waals surface area contributed by atoms with E-state index < -0.39 is 43.3 Å². The number of aromatic nitrogens is 1. The predicted octanol–water partition coefficient (Wildman–Crippen LogP) is 5.10. The number of nitrogens with one attached hydrogen (secondary N) is 1. The van der Waals surface area contributed by atoms with Crippen LogP contribution < -0.4 is 14.8 Å². The Morgan fingerprint density at radius 3 is 2.24 bits per heavy atom. The van der Waals surface area contributed by atoms with E-state index in [1.54, 1.807) is 0 Å². The van der Waals surface area contributed by atoms with Crippen LogP contribution in [-0.4, -0.2) is 30.4 Å². The first kappa shape index (κ1) is 25.0. The van der Waals surface area contributed by atoms with Crippen LogP contribution in [0, 0.1) is 5.82 Å². The first-order chi connectivity index (χ1) is 15.8.